The van der Waals surface area contributed by atoms with Gasteiger partial charge >= 0.3 is 0 Å². The summed E-state index contributed by atoms with van der Waals surface area (Å²) in [6.07, 6.45) is 4.51. The van der Waals surface area contributed by atoms with Crippen molar-refractivity contribution in [1.29, 1.82) is 0 Å². The number of nitrogens with one attached hydrogen (secondary N) is 1. The first kappa shape index (κ1) is 20.2. The van der Waals surface area contributed by atoms with Crippen LogP contribution in [-0.4, -0.2) is 34.4 Å². The molecule has 0 saturated carbocycles. The van der Waals surface area contributed by atoms with Crippen molar-refractivity contribution in [1.82, 2.24) is 19.7 Å². The first-order chi connectivity index (χ1) is 14.5. The molecule has 3 heterocycles. The Morgan fingerprint density at radius 1 is 1.07 bits per heavy atom. The van der Waals surface area contributed by atoms with E-state index in [9.17, 15) is 8.42 Å². The van der Waals surface area contributed by atoms with Gasteiger partial charge < -0.3 is 4.42 Å². The molecule has 0 aliphatic heterocycles. The van der Waals surface area contributed by atoms with Crippen molar-refractivity contribution in [3.05, 3.63) is 78.5 Å². The van der Waals surface area contributed by atoms with Gasteiger partial charge in [-0.25, -0.2) is 8.42 Å². The van der Waals surface area contributed by atoms with Gasteiger partial charge in [0.25, 0.3) is 0 Å². The summed E-state index contributed by atoms with van der Waals surface area (Å²) in [6.45, 7) is 0.475. The topological polar surface area (TPSA) is 103 Å². The zero-order valence-electron chi connectivity index (χ0n) is 16.1. The SMILES string of the molecule is CS(=O)(=O)Nc1ccc(-c2nnc(SCc3ccccn3)n2Cc2ccco2)cc1. The van der Waals surface area contributed by atoms with Gasteiger partial charge in [-0.2, -0.15) is 0 Å². The van der Waals surface area contributed by atoms with Crippen molar-refractivity contribution < 1.29 is 12.8 Å². The van der Waals surface area contributed by atoms with Gasteiger partial charge in [0, 0.05) is 23.2 Å². The van der Waals surface area contributed by atoms with Crippen molar-refractivity contribution in [3.8, 4) is 11.4 Å². The first-order valence-electron chi connectivity index (χ1n) is 9.04. The normalized spacial score (nSPS) is 11.5. The molecule has 0 amide bonds. The van der Waals surface area contributed by atoms with Gasteiger partial charge in [0.2, 0.25) is 10.0 Å². The average Bonchev–Trinajstić information content (AvgIpc) is 3.37. The molecule has 0 bridgehead atoms. The number of rotatable bonds is 8. The van der Waals surface area contributed by atoms with Crippen LogP contribution in [0.2, 0.25) is 0 Å². The maximum absolute atomic E-state index is 11.4. The maximum atomic E-state index is 11.4. The molecular weight excluding hydrogens is 422 g/mol. The van der Waals surface area contributed by atoms with Gasteiger partial charge in [0.05, 0.1) is 24.8 Å². The summed E-state index contributed by atoms with van der Waals surface area (Å²) in [5.41, 5.74) is 2.26. The van der Waals surface area contributed by atoms with E-state index in [1.165, 1.54) is 0 Å². The van der Waals surface area contributed by atoms with E-state index in [2.05, 4.69) is 19.9 Å². The van der Waals surface area contributed by atoms with Crippen molar-refractivity contribution in [2.75, 3.05) is 11.0 Å². The Hall–Kier alpha value is -3.11. The third kappa shape index (κ3) is 5.08. The van der Waals surface area contributed by atoms with Crippen LogP contribution in [0, 0.1) is 0 Å². The number of pyridine rings is 1. The van der Waals surface area contributed by atoms with Crippen LogP contribution in [0.5, 0.6) is 0 Å². The molecule has 3 aromatic heterocycles. The van der Waals surface area contributed by atoms with E-state index in [0.717, 1.165) is 28.4 Å². The van der Waals surface area contributed by atoms with Gasteiger partial charge in [0.15, 0.2) is 11.0 Å². The number of thioether (sulfide) groups is 1. The van der Waals surface area contributed by atoms with Crippen LogP contribution >= 0.6 is 11.8 Å². The fourth-order valence-electron chi connectivity index (χ4n) is 2.83. The van der Waals surface area contributed by atoms with E-state index in [4.69, 9.17) is 4.42 Å². The van der Waals surface area contributed by atoms with E-state index in [1.807, 2.05) is 47.0 Å². The van der Waals surface area contributed by atoms with Crippen LogP contribution in [0.25, 0.3) is 11.4 Å². The first-order valence-corrected chi connectivity index (χ1v) is 11.9. The number of benzene rings is 1. The molecule has 1 aromatic carbocycles. The Bertz CT molecular complexity index is 1210. The smallest absolute Gasteiger partial charge is 0.229 e. The van der Waals surface area contributed by atoms with Gasteiger partial charge in [-0.1, -0.05) is 17.8 Å². The summed E-state index contributed by atoms with van der Waals surface area (Å²) in [4.78, 5) is 4.35. The molecule has 0 aliphatic carbocycles. The number of hydrogen-bond donors (Lipinski definition) is 1. The third-order valence-corrected chi connectivity index (χ3v) is 5.74. The Labute approximate surface area is 178 Å². The number of anilines is 1. The summed E-state index contributed by atoms with van der Waals surface area (Å²) in [7, 11) is -3.33. The lowest BCUT2D eigenvalue weighted by Crippen LogP contribution is -2.09. The van der Waals surface area contributed by atoms with Gasteiger partial charge in [0.1, 0.15) is 5.76 Å². The van der Waals surface area contributed by atoms with Crippen LogP contribution in [0.3, 0.4) is 0 Å². The summed E-state index contributed by atoms with van der Waals surface area (Å²) in [6, 6.07) is 16.6. The lowest BCUT2D eigenvalue weighted by molar-refractivity contribution is 0.485. The summed E-state index contributed by atoms with van der Waals surface area (Å²) in [5.74, 6) is 2.11. The molecule has 30 heavy (non-hydrogen) atoms. The molecular formula is C20H19N5O3S2. The molecule has 0 spiro atoms. The van der Waals surface area contributed by atoms with Gasteiger partial charge in [-0.05, 0) is 48.5 Å². The Balaban J connectivity index is 1.62. The molecule has 0 radical (unpaired) electrons. The second-order valence-corrected chi connectivity index (χ2v) is 9.22. The molecule has 10 heteroatoms. The standard InChI is InChI=1S/C20H19N5O3S2/c1-30(26,27)24-16-9-7-15(8-10-16)19-22-23-20(25(19)13-18-6-4-12-28-18)29-14-17-5-2-3-11-21-17/h2-12,24H,13-14H2,1H3. The minimum Gasteiger partial charge on any atom is -0.467 e. The molecule has 0 atom stereocenters. The highest BCUT2D eigenvalue weighted by atomic mass is 32.2. The molecule has 0 unspecified atom stereocenters. The lowest BCUT2D eigenvalue weighted by Gasteiger charge is -2.10. The Kier molecular flexibility index (Phi) is 5.86. The molecule has 0 fully saturated rings. The van der Waals surface area contributed by atoms with E-state index in [1.54, 1.807) is 36.4 Å². The Morgan fingerprint density at radius 3 is 2.57 bits per heavy atom. The molecule has 4 rings (SSSR count). The number of sulfonamides is 1. The molecule has 8 nitrogen and oxygen atoms in total. The highest BCUT2D eigenvalue weighted by Crippen LogP contribution is 2.28. The summed E-state index contributed by atoms with van der Waals surface area (Å²) in [5, 5.41) is 9.48. The van der Waals surface area contributed by atoms with Gasteiger partial charge in [-0.15, -0.1) is 10.2 Å². The summed E-state index contributed by atoms with van der Waals surface area (Å²) >= 11 is 1.54. The number of hydrogen-bond acceptors (Lipinski definition) is 7. The molecule has 4 aromatic rings. The van der Waals surface area contributed by atoms with Crippen molar-refractivity contribution in [3.63, 3.8) is 0 Å². The fraction of sp³-hybridized carbons (Fsp3) is 0.150. The highest BCUT2D eigenvalue weighted by Gasteiger charge is 2.16. The molecule has 1 N–H and O–H groups in total. The fourth-order valence-corrected chi connectivity index (χ4v) is 4.25. The molecule has 0 saturated heterocycles. The van der Waals surface area contributed by atoms with E-state index < -0.39 is 10.0 Å². The van der Waals surface area contributed by atoms with E-state index >= 15 is 0 Å². The van der Waals surface area contributed by atoms with Gasteiger partial charge in [-0.3, -0.25) is 14.3 Å². The zero-order valence-corrected chi connectivity index (χ0v) is 17.7. The van der Waals surface area contributed by atoms with Crippen LogP contribution < -0.4 is 4.72 Å². The quantitative estimate of drug-likeness (QED) is 0.416. The number of aromatic nitrogens is 4. The average molecular weight is 442 g/mol. The zero-order chi connectivity index (χ0) is 21.0. The predicted octanol–water partition coefficient (Wildman–Crippen LogP) is 3.65. The lowest BCUT2D eigenvalue weighted by atomic mass is 10.2. The highest BCUT2D eigenvalue weighted by molar-refractivity contribution is 7.98. The third-order valence-electron chi connectivity index (χ3n) is 4.13. The van der Waals surface area contributed by atoms with Crippen LogP contribution in [0.1, 0.15) is 11.5 Å². The van der Waals surface area contributed by atoms with E-state index in [0.29, 0.717) is 23.8 Å². The monoisotopic (exact) mass is 441 g/mol. The molecule has 154 valence electrons. The van der Waals surface area contributed by atoms with Crippen molar-refractivity contribution in [2.24, 2.45) is 0 Å². The van der Waals surface area contributed by atoms with Crippen LogP contribution in [-0.2, 0) is 22.3 Å². The maximum Gasteiger partial charge on any atom is 0.229 e. The minimum absolute atomic E-state index is 0.475. The minimum atomic E-state index is -3.33. The van der Waals surface area contributed by atoms with Crippen molar-refractivity contribution >= 4 is 27.5 Å². The number of nitrogens with zero attached hydrogens (tertiary/aromatic N) is 4. The van der Waals surface area contributed by atoms with Crippen LogP contribution in [0.15, 0.2) is 76.6 Å². The molecule has 0 aliphatic rings. The largest absolute Gasteiger partial charge is 0.467 e. The predicted molar refractivity (Wildman–Crippen MR) is 116 cm³/mol. The Morgan fingerprint density at radius 2 is 1.90 bits per heavy atom. The van der Waals surface area contributed by atoms with E-state index in [-0.39, 0.29) is 0 Å². The second-order valence-electron chi connectivity index (χ2n) is 6.53. The summed E-state index contributed by atoms with van der Waals surface area (Å²) < 4.78 is 32.8. The van der Waals surface area contributed by atoms with Crippen molar-refractivity contribution in [2.45, 2.75) is 17.5 Å². The number of furan rings is 1. The van der Waals surface area contributed by atoms with Crippen LogP contribution in [0.4, 0.5) is 5.69 Å². The second kappa shape index (κ2) is 8.72.